The van der Waals surface area contributed by atoms with Crippen LogP contribution in [-0.2, 0) is 16.0 Å². The molecule has 0 aliphatic carbocycles. The molecule has 0 bridgehead atoms. The highest BCUT2D eigenvalue weighted by Crippen LogP contribution is 2.00. The van der Waals surface area contributed by atoms with E-state index in [9.17, 15) is 4.79 Å². The van der Waals surface area contributed by atoms with Crippen molar-refractivity contribution in [2.24, 2.45) is 0 Å². The van der Waals surface area contributed by atoms with Crippen molar-refractivity contribution in [3.63, 3.8) is 0 Å². The molecule has 0 radical (unpaired) electrons. The van der Waals surface area contributed by atoms with E-state index in [-0.39, 0.29) is 13.4 Å². The predicted molar refractivity (Wildman–Crippen MR) is 62.7 cm³/mol. The van der Waals surface area contributed by atoms with Crippen LogP contribution in [0.5, 0.6) is 0 Å². The lowest BCUT2D eigenvalue weighted by molar-refractivity contribution is -0.138. The van der Waals surface area contributed by atoms with Gasteiger partial charge in [0.25, 0.3) is 0 Å². The Bertz CT molecular complexity index is 315. The first kappa shape index (κ1) is 13.4. The summed E-state index contributed by atoms with van der Waals surface area (Å²) < 4.78 is 4.97. The van der Waals surface area contributed by atoms with E-state index in [0.717, 1.165) is 6.42 Å². The molecule has 0 aliphatic heterocycles. The molecule has 0 aliphatic rings. The summed E-state index contributed by atoms with van der Waals surface area (Å²) >= 11 is 0. The van der Waals surface area contributed by atoms with Crippen molar-refractivity contribution < 1.29 is 9.53 Å². The van der Waals surface area contributed by atoms with Gasteiger partial charge in [-0.15, -0.1) is 0 Å². The van der Waals surface area contributed by atoms with Crippen LogP contribution in [0.15, 0.2) is 42.5 Å². The van der Waals surface area contributed by atoms with Crippen LogP contribution >= 0.6 is 0 Å². The number of hydrogen-bond acceptors (Lipinski definition) is 2. The van der Waals surface area contributed by atoms with E-state index in [4.69, 9.17) is 4.74 Å². The second kappa shape index (κ2) is 6.82. The summed E-state index contributed by atoms with van der Waals surface area (Å²) in [7, 11) is 0. The third-order valence-electron chi connectivity index (χ3n) is 1.82. The van der Waals surface area contributed by atoms with Gasteiger partial charge in [0, 0.05) is 12.0 Å². The van der Waals surface area contributed by atoms with Crippen LogP contribution in [0.4, 0.5) is 0 Å². The van der Waals surface area contributed by atoms with E-state index in [1.165, 1.54) is 5.56 Å². The Labute approximate surface area is 91.6 Å². The summed E-state index contributed by atoms with van der Waals surface area (Å²) in [6.45, 7) is 5.56. The van der Waals surface area contributed by atoms with E-state index >= 15 is 0 Å². The minimum atomic E-state index is -0.319. The highest BCUT2D eigenvalue weighted by molar-refractivity contribution is 5.86. The molecular formula is C13H18O2. The monoisotopic (exact) mass is 206 g/mol. The highest BCUT2D eigenvalue weighted by atomic mass is 16.5. The zero-order chi connectivity index (χ0) is 10.4. The molecule has 1 aromatic rings. The number of hydrogen-bond donors (Lipinski definition) is 0. The Morgan fingerprint density at radius 3 is 2.47 bits per heavy atom. The van der Waals surface area contributed by atoms with Gasteiger partial charge in [-0.3, -0.25) is 0 Å². The topological polar surface area (TPSA) is 26.3 Å². The quantitative estimate of drug-likeness (QED) is 0.559. The molecule has 1 rings (SSSR count). The van der Waals surface area contributed by atoms with Crippen molar-refractivity contribution in [2.45, 2.75) is 20.8 Å². The lowest BCUT2D eigenvalue weighted by Crippen LogP contribution is -2.07. The van der Waals surface area contributed by atoms with Crippen molar-refractivity contribution in [3.05, 3.63) is 48.0 Å². The Hall–Kier alpha value is -1.57. The van der Waals surface area contributed by atoms with E-state index in [0.29, 0.717) is 12.2 Å². The van der Waals surface area contributed by atoms with Crippen LogP contribution < -0.4 is 0 Å². The largest absolute Gasteiger partial charge is 0.462 e. The first-order valence-corrected chi connectivity index (χ1v) is 4.56. The summed E-state index contributed by atoms with van der Waals surface area (Å²) in [5, 5.41) is 0. The maximum atomic E-state index is 11.0. The van der Waals surface area contributed by atoms with Crippen molar-refractivity contribution in [1.29, 1.82) is 0 Å². The molecule has 0 unspecified atom stereocenters. The lowest BCUT2D eigenvalue weighted by atomic mass is 10.2. The number of carbonyl (C=O) groups excluding carboxylic acids is 1. The number of carbonyl (C=O) groups is 1. The van der Waals surface area contributed by atoms with Gasteiger partial charge in [0.1, 0.15) is 0 Å². The van der Waals surface area contributed by atoms with E-state index < -0.39 is 0 Å². The SMILES string of the molecule is C.C=C(C)C(=O)OCCc1ccccc1. The number of ether oxygens (including phenoxy) is 1. The molecule has 0 spiro atoms. The van der Waals surface area contributed by atoms with Crippen LogP contribution in [0.25, 0.3) is 0 Å². The number of esters is 1. The second-order valence-corrected chi connectivity index (χ2v) is 3.15. The van der Waals surface area contributed by atoms with Gasteiger partial charge in [-0.25, -0.2) is 4.79 Å². The van der Waals surface area contributed by atoms with Gasteiger partial charge in [-0.05, 0) is 12.5 Å². The Balaban J connectivity index is 0.00000196. The minimum absolute atomic E-state index is 0. The van der Waals surface area contributed by atoms with E-state index in [1.807, 2.05) is 30.3 Å². The molecule has 2 heteroatoms. The average Bonchev–Trinajstić information content (AvgIpc) is 2.19. The molecule has 0 saturated heterocycles. The second-order valence-electron chi connectivity index (χ2n) is 3.15. The van der Waals surface area contributed by atoms with E-state index in [1.54, 1.807) is 6.92 Å². The van der Waals surface area contributed by atoms with Crippen LogP contribution in [0, 0.1) is 0 Å². The summed E-state index contributed by atoms with van der Waals surface area (Å²) in [5.74, 6) is -0.319. The molecule has 82 valence electrons. The lowest BCUT2D eigenvalue weighted by Gasteiger charge is -2.03. The van der Waals surface area contributed by atoms with Crippen LogP contribution in [0.1, 0.15) is 19.9 Å². The van der Waals surface area contributed by atoms with Gasteiger partial charge < -0.3 is 4.74 Å². The Morgan fingerprint density at radius 2 is 1.93 bits per heavy atom. The number of benzene rings is 1. The molecule has 0 saturated carbocycles. The summed E-state index contributed by atoms with van der Waals surface area (Å²) in [4.78, 5) is 11.0. The van der Waals surface area contributed by atoms with Gasteiger partial charge in [0.15, 0.2) is 0 Å². The van der Waals surface area contributed by atoms with Crippen molar-refractivity contribution in [3.8, 4) is 0 Å². The van der Waals surface area contributed by atoms with Gasteiger partial charge in [0.2, 0.25) is 0 Å². The van der Waals surface area contributed by atoms with Crippen molar-refractivity contribution in [2.75, 3.05) is 6.61 Å². The third kappa shape index (κ3) is 5.01. The molecule has 0 heterocycles. The zero-order valence-corrected chi connectivity index (χ0v) is 8.32. The molecule has 2 nitrogen and oxygen atoms in total. The average molecular weight is 206 g/mol. The zero-order valence-electron chi connectivity index (χ0n) is 8.32. The standard InChI is InChI=1S/C12H14O2.CH4/c1-10(2)12(13)14-9-8-11-6-4-3-5-7-11;/h3-7H,1,8-9H2,2H3;1H4. The highest BCUT2D eigenvalue weighted by Gasteiger charge is 2.01. The third-order valence-corrected chi connectivity index (χ3v) is 1.82. The molecule has 0 N–H and O–H groups in total. The summed E-state index contributed by atoms with van der Waals surface area (Å²) in [6.07, 6.45) is 0.750. The minimum Gasteiger partial charge on any atom is -0.462 e. The molecule has 1 aromatic carbocycles. The smallest absolute Gasteiger partial charge is 0.333 e. The van der Waals surface area contributed by atoms with Gasteiger partial charge in [-0.1, -0.05) is 44.3 Å². The molecule has 0 aromatic heterocycles. The van der Waals surface area contributed by atoms with Gasteiger partial charge >= 0.3 is 5.97 Å². The van der Waals surface area contributed by atoms with Crippen molar-refractivity contribution in [1.82, 2.24) is 0 Å². The Morgan fingerprint density at radius 1 is 1.33 bits per heavy atom. The maximum absolute atomic E-state index is 11.0. The molecule has 0 atom stereocenters. The van der Waals surface area contributed by atoms with Crippen LogP contribution in [-0.4, -0.2) is 12.6 Å². The molecule has 0 fully saturated rings. The first-order valence-electron chi connectivity index (χ1n) is 4.56. The molecule has 15 heavy (non-hydrogen) atoms. The summed E-state index contributed by atoms with van der Waals surface area (Å²) in [5.41, 5.74) is 1.61. The van der Waals surface area contributed by atoms with Gasteiger partial charge in [-0.2, -0.15) is 0 Å². The summed E-state index contributed by atoms with van der Waals surface area (Å²) in [6, 6.07) is 9.92. The van der Waals surface area contributed by atoms with Crippen molar-refractivity contribution >= 4 is 5.97 Å². The van der Waals surface area contributed by atoms with Crippen LogP contribution in [0.3, 0.4) is 0 Å². The van der Waals surface area contributed by atoms with E-state index in [2.05, 4.69) is 6.58 Å². The number of rotatable bonds is 4. The van der Waals surface area contributed by atoms with Crippen LogP contribution in [0.2, 0.25) is 0 Å². The fraction of sp³-hybridized carbons (Fsp3) is 0.308. The molecule has 0 amide bonds. The first-order chi connectivity index (χ1) is 6.70. The fourth-order valence-corrected chi connectivity index (χ4v) is 1.03. The van der Waals surface area contributed by atoms with Gasteiger partial charge in [0.05, 0.1) is 6.61 Å². The maximum Gasteiger partial charge on any atom is 0.333 e. The fourth-order valence-electron chi connectivity index (χ4n) is 1.03. The predicted octanol–water partition coefficient (Wildman–Crippen LogP) is 2.98. The Kier molecular flexibility index (Phi) is 6.11. The normalized spacial score (nSPS) is 8.87. The molecular weight excluding hydrogens is 188 g/mol.